The van der Waals surface area contributed by atoms with Gasteiger partial charge < -0.3 is 9.67 Å². The normalized spacial score (nSPS) is 11.0. The summed E-state index contributed by atoms with van der Waals surface area (Å²) in [5.74, 6) is -1.18. The molecular formula is C15H17NO3. The number of pyridine rings is 1. The fourth-order valence-electron chi connectivity index (χ4n) is 2.62. The zero-order chi connectivity index (χ0) is 14.5. The van der Waals surface area contributed by atoms with Crippen LogP contribution in [0.4, 0.5) is 0 Å². The van der Waals surface area contributed by atoms with Crippen LogP contribution in [0.3, 0.4) is 0 Å². The van der Waals surface area contributed by atoms with Gasteiger partial charge in [0.25, 0.3) is 0 Å². The molecule has 0 aliphatic heterocycles. The second kappa shape index (κ2) is 4.23. The molecular weight excluding hydrogens is 242 g/mol. The first kappa shape index (κ1) is 13.3. The van der Waals surface area contributed by atoms with Gasteiger partial charge in [-0.15, -0.1) is 0 Å². The quantitative estimate of drug-likeness (QED) is 0.855. The predicted octanol–water partition coefficient (Wildman–Crippen LogP) is 2.47. The molecule has 2 aromatic rings. The number of carboxylic acid groups (broad SMARTS) is 1. The molecule has 0 saturated carbocycles. The Balaban J connectivity index is 3.18. The van der Waals surface area contributed by atoms with Crippen LogP contribution >= 0.6 is 0 Å². The van der Waals surface area contributed by atoms with Gasteiger partial charge in [0.05, 0.1) is 10.9 Å². The zero-order valence-electron chi connectivity index (χ0n) is 11.8. The number of fused-ring (bicyclic) bond motifs is 1. The van der Waals surface area contributed by atoms with Gasteiger partial charge in [-0.1, -0.05) is 0 Å². The molecule has 0 amide bonds. The molecule has 0 unspecified atom stereocenters. The first-order valence-corrected chi connectivity index (χ1v) is 6.10. The predicted molar refractivity (Wildman–Crippen MR) is 75.1 cm³/mol. The minimum absolute atomic E-state index is 0.180. The number of aryl methyl sites for hydroxylation is 3. The van der Waals surface area contributed by atoms with Gasteiger partial charge in [-0.25, -0.2) is 4.79 Å². The van der Waals surface area contributed by atoms with Crippen molar-refractivity contribution < 1.29 is 9.90 Å². The van der Waals surface area contributed by atoms with Crippen LogP contribution in [0, 0.1) is 27.7 Å². The summed E-state index contributed by atoms with van der Waals surface area (Å²) >= 11 is 0. The van der Waals surface area contributed by atoms with Crippen LogP contribution in [0.2, 0.25) is 0 Å². The van der Waals surface area contributed by atoms with E-state index in [1.807, 2.05) is 27.7 Å². The average Bonchev–Trinajstić information content (AvgIpc) is 2.35. The van der Waals surface area contributed by atoms with Crippen LogP contribution in [0.15, 0.2) is 11.0 Å². The number of hydrogen-bond donors (Lipinski definition) is 1. The highest BCUT2D eigenvalue weighted by molar-refractivity contribution is 5.95. The van der Waals surface area contributed by atoms with E-state index in [9.17, 15) is 9.59 Å². The van der Waals surface area contributed by atoms with Crippen molar-refractivity contribution in [2.24, 2.45) is 7.05 Å². The third-order valence-electron chi connectivity index (χ3n) is 4.03. The van der Waals surface area contributed by atoms with Gasteiger partial charge in [-0.2, -0.15) is 0 Å². The van der Waals surface area contributed by atoms with E-state index in [-0.39, 0.29) is 5.56 Å². The maximum Gasteiger partial charge on any atom is 0.341 e. The van der Waals surface area contributed by atoms with E-state index >= 15 is 0 Å². The van der Waals surface area contributed by atoms with Crippen molar-refractivity contribution in [3.63, 3.8) is 0 Å². The van der Waals surface area contributed by atoms with Crippen LogP contribution < -0.4 is 5.43 Å². The van der Waals surface area contributed by atoms with E-state index in [0.29, 0.717) is 5.39 Å². The second-order valence-electron chi connectivity index (χ2n) is 5.01. The van der Waals surface area contributed by atoms with Gasteiger partial charge in [-0.3, -0.25) is 4.79 Å². The Kier molecular flexibility index (Phi) is 2.97. The average molecular weight is 259 g/mol. The van der Waals surface area contributed by atoms with E-state index in [0.717, 1.165) is 27.8 Å². The number of aromatic nitrogens is 1. The molecule has 0 bridgehead atoms. The SMILES string of the molecule is Cc1c(C)c(C)c2c(c1C)c(=O)c(C(=O)O)cn2C. The zero-order valence-corrected chi connectivity index (χ0v) is 11.8. The summed E-state index contributed by atoms with van der Waals surface area (Å²) in [5, 5.41) is 9.64. The molecule has 0 radical (unpaired) electrons. The lowest BCUT2D eigenvalue weighted by atomic mass is 9.93. The summed E-state index contributed by atoms with van der Waals surface area (Å²) in [4.78, 5) is 23.5. The molecule has 2 rings (SSSR count). The molecule has 1 aromatic carbocycles. The maximum absolute atomic E-state index is 12.4. The van der Waals surface area contributed by atoms with Gasteiger partial charge in [0, 0.05) is 13.2 Å². The molecule has 0 spiro atoms. The largest absolute Gasteiger partial charge is 0.477 e. The minimum Gasteiger partial charge on any atom is -0.477 e. The van der Waals surface area contributed by atoms with Crippen LogP contribution in [-0.4, -0.2) is 15.6 Å². The second-order valence-corrected chi connectivity index (χ2v) is 5.01. The monoisotopic (exact) mass is 259 g/mol. The van der Waals surface area contributed by atoms with Crippen LogP contribution in [0.5, 0.6) is 0 Å². The third kappa shape index (κ3) is 1.75. The summed E-state index contributed by atoms with van der Waals surface area (Å²) in [6, 6.07) is 0. The van der Waals surface area contributed by atoms with E-state index < -0.39 is 11.4 Å². The lowest BCUT2D eigenvalue weighted by molar-refractivity contribution is 0.0695. The topological polar surface area (TPSA) is 59.3 Å². The number of benzene rings is 1. The van der Waals surface area contributed by atoms with Gasteiger partial charge in [-0.05, 0) is 49.9 Å². The molecule has 1 heterocycles. The van der Waals surface area contributed by atoms with Gasteiger partial charge in [0.2, 0.25) is 5.43 Å². The van der Waals surface area contributed by atoms with Crippen molar-refractivity contribution in [2.75, 3.05) is 0 Å². The third-order valence-corrected chi connectivity index (χ3v) is 4.03. The first-order valence-electron chi connectivity index (χ1n) is 6.10. The smallest absolute Gasteiger partial charge is 0.341 e. The first-order chi connectivity index (χ1) is 8.77. The maximum atomic E-state index is 12.4. The summed E-state index contributed by atoms with van der Waals surface area (Å²) < 4.78 is 1.73. The molecule has 0 atom stereocenters. The van der Waals surface area contributed by atoms with Crippen LogP contribution in [0.25, 0.3) is 10.9 Å². The summed E-state index contributed by atoms with van der Waals surface area (Å²) in [6.45, 7) is 7.82. The summed E-state index contributed by atoms with van der Waals surface area (Å²) in [7, 11) is 1.77. The lowest BCUT2D eigenvalue weighted by Gasteiger charge is -2.17. The van der Waals surface area contributed by atoms with Crippen molar-refractivity contribution in [1.29, 1.82) is 0 Å². The van der Waals surface area contributed by atoms with Crippen molar-refractivity contribution in [1.82, 2.24) is 4.57 Å². The van der Waals surface area contributed by atoms with E-state index in [1.54, 1.807) is 11.6 Å². The molecule has 4 nitrogen and oxygen atoms in total. The number of carbonyl (C=O) groups is 1. The number of carboxylic acids is 1. The standard InChI is InChI=1S/C15H17NO3/c1-7-8(2)10(4)13-12(9(7)3)14(17)11(15(18)19)6-16(13)5/h6H,1-5H3,(H,18,19). The molecule has 1 aromatic heterocycles. The summed E-state index contributed by atoms with van der Waals surface area (Å²) in [6.07, 6.45) is 1.40. The van der Waals surface area contributed by atoms with Gasteiger partial charge in [0.1, 0.15) is 5.56 Å². The van der Waals surface area contributed by atoms with Crippen molar-refractivity contribution in [2.45, 2.75) is 27.7 Å². The summed E-state index contributed by atoms with van der Waals surface area (Å²) in [5.41, 5.74) is 4.31. The fraction of sp³-hybridized carbons (Fsp3) is 0.333. The Labute approximate surface area is 111 Å². The molecule has 0 aliphatic carbocycles. The number of nitrogens with zero attached hydrogens (tertiary/aromatic N) is 1. The Morgan fingerprint density at radius 3 is 2.11 bits per heavy atom. The Morgan fingerprint density at radius 2 is 1.58 bits per heavy atom. The molecule has 0 saturated heterocycles. The Hall–Kier alpha value is -2.10. The molecule has 4 heteroatoms. The highest BCUT2D eigenvalue weighted by atomic mass is 16.4. The minimum atomic E-state index is -1.18. The molecule has 0 aliphatic rings. The lowest BCUT2D eigenvalue weighted by Crippen LogP contribution is -2.20. The van der Waals surface area contributed by atoms with Crippen LogP contribution in [-0.2, 0) is 7.05 Å². The molecule has 100 valence electrons. The van der Waals surface area contributed by atoms with Crippen LogP contribution in [0.1, 0.15) is 32.6 Å². The number of rotatable bonds is 1. The fourth-order valence-corrected chi connectivity index (χ4v) is 2.62. The Bertz CT molecular complexity index is 770. The highest BCUT2D eigenvalue weighted by Crippen LogP contribution is 2.26. The van der Waals surface area contributed by atoms with Crippen molar-refractivity contribution >= 4 is 16.9 Å². The number of hydrogen-bond acceptors (Lipinski definition) is 2. The highest BCUT2D eigenvalue weighted by Gasteiger charge is 2.18. The molecule has 19 heavy (non-hydrogen) atoms. The van der Waals surface area contributed by atoms with E-state index in [1.165, 1.54) is 6.20 Å². The van der Waals surface area contributed by atoms with Crippen molar-refractivity contribution in [3.05, 3.63) is 44.2 Å². The molecule has 0 fully saturated rings. The van der Waals surface area contributed by atoms with Crippen molar-refractivity contribution in [3.8, 4) is 0 Å². The van der Waals surface area contributed by atoms with Gasteiger partial charge >= 0.3 is 5.97 Å². The Morgan fingerprint density at radius 1 is 1.05 bits per heavy atom. The van der Waals surface area contributed by atoms with Gasteiger partial charge in [0.15, 0.2) is 0 Å². The van der Waals surface area contributed by atoms with E-state index in [2.05, 4.69) is 0 Å². The molecule has 1 N–H and O–H groups in total. The van der Waals surface area contributed by atoms with E-state index in [4.69, 9.17) is 5.11 Å². The number of aromatic carboxylic acids is 1.